The summed E-state index contributed by atoms with van der Waals surface area (Å²) in [6, 6.07) is 11.1. The molecule has 7 nitrogen and oxygen atoms in total. The molecule has 0 saturated heterocycles. The van der Waals surface area contributed by atoms with E-state index in [1.165, 1.54) is 0 Å². The van der Waals surface area contributed by atoms with Crippen LogP contribution < -0.4 is 21.3 Å². The van der Waals surface area contributed by atoms with Crippen molar-refractivity contribution in [2.75, 3.05) is 37.8 Å². The Morgan fingerprint density at radius 3 is 2.60 bits per heavy atom. The van der Waals surface area contributed by atoms with Crippen LogP contribution in [0.2, 0.25) is 10.0 Å². The maximum absolute atomic E-state index is 12.7. The van der Waals surface area contributed by atoms with E-state index in [9.17, 15) is 9.59 Å². The van der Waals surface area contributed by atoms with Gasteiger partial charge in [0, 0.05) is 46.5 Å². The van der Waals surface area contributed by atoms with Gasteiger partial charge < -0.3 is 26.2 Å². The second kappa shape index (κ2) is 10.0. The van der Waals surface area contributed by atoms with Gasteiger partial charge in [0.25, 0.3) is 0 Å². The summed E-state index contributed by atoms with van der Waals surface area (Å²) in [4.78, 5) is 27.3. The predicted octanol–water partition coefficient (Wildman–Crippen LogP) is 3.72. The molecule has 9 heteroatoms. The van der Waals surface area contributed by atoms with Gasteiger partial charge >= 0.3 is 6.03 Å². The number of nitrogens with one attached hydrogen (secondary N) is 4. The normalized spacial score (nSPS) is 17.6. The van der Waals surface area contributed by atoms with Crippen molar-refractivity contribution in [2.24, 2.45) is 0 Å². The summed E-state index contributed by atoms with van der Waals surface area (Å²) >= 11 is 12.6. The van der Waals surface area contributed by atoms with Gasteiger partial charge in [-0.05, 0) is 38.4 Å². The number of nitrogens with zero attached hydrogens (tertiary/aromatic N) is 1. The zero-order valence-corrected chi connectivity index (χ0v) is 18.3. The lowest BCUT2D eigenvalue weighted by atomic mass is 9.92. The highest BCUT2D eigenvalue weighted by Crippen LogP contribution is 2.39. The van der Waals surface area contributed by atoms with Crippen LogP contribution >= 0.6 is 23.2 Å². The molecule has 0 aliphatic carbocycles. The van der Waals surface area contributed by atoms with Crippen molar-refractivity contribution in [3.05, 3.63) is 58.1 Å². The monoisotopic (exact) mass is 449 g/mol. The smallest absolute Gasteiger partial charge is 0.319 e. The number of amides is 3. The number of hydrogen-bond acceptors (Lipinski definition) is 4. The number of carbonyl (C=O) groups excluding carboxylic acids is 2. The lowest BCUT2D eigenvalue weighted by Gasteiger charge is -2.33. The van der Waals surface area contributed by atoms with E-state index in [0.29, 0.717) is 39.9 Å². The van der Waals surface area contributed by atoms with Gasteiger partial charge in [-0.3, -0.25) is 4.79 Å². The molecule has 0 bridgehead atoms. The van der Waals surface area contributed by atoms with Crippen LogP contribution in [0.1, 0.15) is 18.0 Å². The molecule has 0 aromatic heterocycles. The van der Waals surface area contributed by atoms with Crippen LogP contribution in [0.3, 0.4) is 0 Å². The first-order valence-corrected chi connectivity index (χ1v) is 10.4. The predicted molar refractivity (Wildman–Crippen MR) is 121 cm³/mol. The summed E-state index contributed by atoms with van der Waals surface area (Å²) < 4.78 is 0. The quantitative estimate of drug-likeness (QED) is 0.541. The molecule has 0 fully saturated rings. The van der Waals surface area contributed by atoms with Crippen LogP contribution in [-0.4, -0.2) is 50.1 Å². The fraction of sp³-hybridized carbons (Fsp3) is 0.333. The van der Waals surface area contributed by atoms with Crippen molar-refractivity contribution in [3.63, 3.8) is 0 Å². The van der Waals surface area contributed by atoms with Crippen molar-refractivity contribution in [1.82, 2.24) is 15.5 Å². The molecule has 1 aliphatic heterocycles. The van der Waals surface area contributed by atoms with E-state index in [-0.39, 0.29) is 11.9 Å². The fourth-order valence-electron chi connectivity index (χ4n) is 3.34. The minimum atomic E-state index is -0.531. The minimum Gasteiger partial charge on any atom is -0.373 e. The molecule has 1 aliphatic rings. The highest BCUT2D eigenvalue weighted by atomic mass is 35.5. The topological polar surface area (TPSA) is 85.5 Å². The van der Waals surface area contributed by atoms with E-state index in [1.807, 2.05) is 37.2 Å². The molecule has 0 saturated carbocycles. The number of anilines is 2. The Bertz CT molecular complexity index is 908. The number of carbonyl (C=O) groups is 2. The van der Waals surface area contributed by atoms with Crippen molar-refractivity contribution in [1.29, 1.82) is 0 Å². The Kier molecular flexibility index (Phi) is 7.42. The lowest BCUT2D eigenvalue weighted by molar-refractivity contribution is -0.122. The molecular weight excluding hydrogens is 425 g/mol. The molecule has 4 N–H and O–H groups in total. The number of likely N-dealkylation sites (N-methyl/N-ethyl adjacent to an activating group) is 1. The molecule has 0 unspecified atom stereocenters. The number of fused-ring (bicyclic) bond motifs is 1. The Hall–Kier alpha value is -2.48. The van der Waals surface area contributed by atoms with E-state index in [4.69, 9.17) is 23.2 Å². The first-order valence-electron chi connectivity index (χ1n) is 9.64. The van der Waals surface area contributed by atoms with E-state index in [2.05, 4.69) is 21.3 Å². The number of benzene rings is 2. The summed E-state index contributed by atoms with van der Waals surface area (Å²) in [5.41, 5.74) is 2.02. The van der Waals surface area contributed by atoms with Crippen molar-refractivity contribution in [3.8, 4) is 0 Å². The third kappa shape index (κ3) is 5.78. The molecule has 2 aromatic rings. The van der Waals surface area contributed by atoms with E-state index >= 15 is 0 Å². The standard InChI is InChI=1S/C21H25Cl2N5O2/c1-28(2)9-8-24-20(29)18-12-17(19-15(23)10-13(22)11-16(19)26-18)27-21(30)25-14-6-4-3-5-7-14/h3-7,10-11,17-18,26H,8-9,12H2,1-2H3,(H,24,29)(H2,25,27,30)/t17-,18+/m0/s1. The molecule has 0 radical (unpaired) electrons. The number of urea groups is 1. The molecule has 3 amide bonds. The SMILES string of the molecule is CN(C)CCNC(=O)[C@H]1C[C@H](NC(=O)Nc2ccccc2)c2c(Cl)cc(Cl)cc2N1. The zero-order valence-electron chi connectivity index (χ0n) is 16.8. The Morgan fingerprint density at radius 1 is 1.17 bits per heavy atom. The molecule has 0 spiro atoms. The average Bonchev–Trinajstić information content (AvgIpc) is 2.67. The minimum absolute atomic E-state index is 0.145. The Morgan fingerprint density at radius 2 is 1.90 bits per heavy atom. The molecule has 1 heterocycles. The van der Waals surface area contributed by atoms with Gasteiger partial charge in [0.2, 0.25) is 5.91 Å². The number of hydrogen-bond donors (Lipinski definition) is 4. The van der Waals surface area contributed by atoms with Crippen molar-refractivity contribution >= 4 is 46.5 Å². The van der Waals surface area contributed by atoms with Gasteiger partial charge in [-0.1, -0.05) is 41.4 Å². The molecule has 30 heavy (non-hydrogen) atoms. The second-order valence-corrected chi connectivity index (χ2v) is 8.24. The Labute approximate surface area is 186 Å². The summed E-state index contributed by atoms with van der Waals surface area (Å²) in [5.74, 6) is -0.145. The van der Waals surface area contributed by atoms with Crippen LogP contribution in [-0.2, 0) is 4.79 Å². The summed E-state index contributed by atoms with van der Waals surface area (Å²) in [5, 5.41) is 12.7. The molecule has 3 rings (SSSR count). The maximum atomic E-state index is 12.7. The molecule has 2 atom stereocenters. The number of halogens is 2. The fourth-order valence-corrected chi connectivity index (χ4v) is 3.96. The Balaban J connectivity index is 1.76. The van der Waals surface area contributed by atoms with Gasteiger partial charge in [-0.15, -0.1) is 0 Å². The van der Waals surface area contributed by atoms with Crippen molar-refractivity contribution in [2.45, 2.75) is 18.5 Å². The summed E-state index contributed by atoms with van der Waals surface area (Å²) in [7, 11) is 3.88. The van der Waals surface area contributed by atoms with Gasteiger partial charge in [0.1, 0.15) is 6.04 Å². The molecular formula is C21H25Cl2N5O2. The van der Waals surface area contributed by atoms with E-state index in [1.54, 1.807) is 24.3 Å². The largest absolute Gasteiger partial charge is 0.373 e. The first kappa shape index (κ1) is 22.2. The maximum Gasteiger partial charge on any atom is 0.319 e. The van der Waals surface area contributed by atoms with Gasteiger partial charge in [0.05, 0.1) is 6.04 Å². The molecule has 2 aromatic carbocycles. The number of rotatable bonds is 6. The molecule has 160 valence electrons. The van der Waals surface area contributed by atoms with Crippen LogP contribution in [0.4, 0.5) is 16.2 Å². The van der Waals surface area contributed by atoms with Gasteiger partial charge in [-0.2, -0.15) is 0 Å². The number of para-hydroxylation sites is 1. The third-order valence-corrected chi connectivity index (χ3v) is 5.29. The van der Waals surface area contributed by atoms with Crippen LogP contribution in [0.25, 0.3) is 0 Å². The highest BCUT2D eigenvalue weighted by molar-refractivity contribution is 6.35. The van der Waals surface area contributed by atoms with Crippen LogP contribution in [0, 0.1) is 0 Å². The van der Waals surface area contributed by atoms with E-state index < -0.39 is 12.1 Å². The second-order valence-electron chi connectivity index (χ2n) is 7.39. The first-order chi connectivity index (χ1) is 14.3. The van der Waals surface area contributed by atoms with Crippen LogP contribution in [0.15, 0.2) is 42.5 Å². The van der Waals surface area contributed by atoms with E-state index in [0.717, 1.165) is 6.54 Å². The van der Waals surface area contributed by atoms with Crippen LogP contribution in [0.5, 0.6) is 0 Å². The summed E-state index contributed by atoms with van der Waals surface area (Å²) in [6.45, 7) is 1.26. The summed E-state index contributed by atoms with van der Waals surface area (Å²) in [6.07, 6.45) is 0.352. The average molecular weight is 450 g/mol. The zero-order chi connectivity index (χ0) is 21.7. The van der Waals surface area contributed by atoms with Gasteiger partial charge in [0.15, 0.2) is 0 Å². The highest BCUT2D eigenvalue weighted by Gasteiger charge is 2.33. The van der Waals surface area contributed by atoms with Gasteiger partial charge in [-0.25, -0.2) is 4.79 Å². The third-order valence-electron chi connectivity index (χ3n) is 4.76. The van der Waals surface area contributed by atoms with Crippen molar-refractivity contribution < 1.29 is 9.59 Å². The lowest BCUT2D eigenvalue weighted by Crippen LogP contribution is -2.47.